The number of allylic oxidation sites excluding steroid dienone is 7. The number of nitrogens with one attached hydrogen (secondary N) is 1. The Labute approximate surface area is 212 Å². The smallest absolute Gasteiger partial charge is 0.163 e. The number of Topliss-reactive ketones (excluding diaryl/α,β-unsaturated/α-hetero) is 1. The lowest BCUT2D eigenvalue weighted by atomic mass is 9.81. The average molecular weight is 484 g/mol. The van der Waals surface area contributed by atoms with Crippen LogP contribution in [0.15, 0.2) is 71.6 Å². The van der Waals surface area contributed by atoms with Crippen LogP contribution in [0.25, 0.3) is 0 Å². The van der Waals surface area contributed by atoms with Crippen molar-refractivity contribution in [3.63, 3.8) is 0 Å². The predicted octanol–water partition coefficient (Wildman–Crippen LogP) is 7.85. The minimum absolute atomic E-state index is 0.209. The maximum Gasteiger partial charge on any atom is 0.163 e. The van der Waals surface area contributed by atoms with Gasteiger partial charge in [0.15, 0.2) is 5.78 Å². The fourth-order valence-electron chi connectivity index (χ4n) is 3.82. The summed E-state index contributed by atoms with van der Waals surface area (Å²) >= 11 is 1.86. The molecule has 0 amide bonds. The van der Waals surface area contributed by atoms with Crippen LogP contribution in [0.5, 0.6) is 0 Å². The third kappa shape index (κ3) is 10.4. The third-order valence-corrected chi connectivity index (χ3v) is 7.34. The van der Waals surface area contributed by atoms with E-state index < -0.39 is 0 Å². The summed E-state index contributed by atoms with van der Waals surface area (Å²) in [6, 6.07) is 4.34. The SMILES string of the molecule is C=C(CC)N/C=C/CCC(C)C1=CC(C)=C(C(=O)CC)C(=C)C1.CCc1ccc(CCCO)s1. The lowest BCUT2D eigenvalue weighted by Crippen LogP contribution is -2.12. The summed E-state index contributed by atoms with van der Waals surface area (Å²) < 4.78 is 0. The number of aryl methyl sites for hydroxylation is 2. The predicted molar refractivity (Wildman–Crippen MR) is 149 cm³/mol. The molecule has 188 valence electrons. The Morgan fingerprint density at radius 3 is 2.50 bits per heavy atom. The van der Waals surface area contributed by atoms with Gasteiger partial charge in [-0.15, -0.1) is 11.3 Å². The highest BCUT2D eigenvalue weighted by atomic mass is 32.1. The van der Waals surface area contributed by atoms with Gasteiger partial charge >= 0.3 is 0 Å². The van der Waals surface area contributed by atoms with Crippen LogP contribution in [0.2, 0.25) is 0 Å². The largest absolute Gasteiger partial charge is 0.396 e. The molecule has 0 spiro atoms. The van der Waals surface area contributed by atoms with Crippen LogP contribution in [0.3, 0.4) is 0 Å². The summed E-state index contributed by atoms with van der Waals surface area (Å²) in [6.07, 6.45) is 13.8. The molecule has 0 bridgehead atoms. The zero-order valence-electron chi connectivity index (χ0n) is 22.0. The second kappa shape index (κ2) is 16.5. The highest BCUT2D eigenvalue weighted by molar-refractivity contribution is 7.11. The van der Waals surface area contributed by atoms with Gasteiger partial charge in [-0.25, -0.2) is 0 Å². The number of hydrogen-bond acceptors (Lipinski definition) is 4. The van der Waals surface area contributed by atoms with Crippen molar-refractivity contribution in [2.45, 2.75) is 86.0 Å². The molecule has 1 heterocycles. The molecular weight excluding hydrogens is 438 g/mol. The summed E-state index contributed by atoms with van der Waals surface area (Å²) in [6.45, 7) is 18.8. The first-order valence-electron chi connectivity index (χ1n) is 12.7. The van der Waals surface area contributed by atoms with Crippen molar-refractivity contribution in [1.82, 2.24) is 5.32 Å². The fourth-order valence-corrected chi connectivity index (χ4v) is 4.82. The highest BCUT2D eigenvalue weighted by Crippen LogP contribution is 2.34. The molecule has 3 nitrogen and oxygen atoms in total. The fraction of sp³-hybridized carbons (Fsp3) is 0.500. The van der Waals surface area contributed by atoms with Crippen molar-refractivity contribution in [1.29, 1.82) is 0 Å². The average Bonchev–Trinajstić information content (AvgIpc) is 3.30. The molecule has 0 saturated heterocycles. The number of carbonyl (C=O) groups is 1. The van der Waals surface area contributed by atoms with E-state index in [2.05, 4.69) is 63.5 Å². The Balaban J connectivity index is 0.000000437. The van der Waals surface area contributed by atoms with E-state index in [1.807, 2.05) is 31.4 Å². The number of aliphatic hydroxyl groups excluding tert-OH is 1. The van der Waals surface area contributed by atoms with Gasteiger partial charge in [-0.2, -0.15) is 0 Å². The van der Waals surface area contributed by atoms with Gasteiger partial charge in [-0.05, 0) is 87.3 Å². The van der Waals surface area contributed by atoms with E-state index in [0.717, 1.165) is 67.4 Å². The highest BCUT2D eigenvalue weighted by Gasteiger charge is 2.21. The minimum Gasteiger partial charge on any atom is -0.396 e. The molecule has 1 aromatic rings. The Kier molecular flexibility index (Phi) is 14.5. The molecule has 0 fully saturated rings. The second-order valence-corrected chi connectivity index (χ2v) is 10.1. The van der Waals surface area contributed by atoms with Crippen molar-refractivity contribution in [2.75, 3.05) is 6.61 Å². The summed E-state index contributed by atoms with van der Waals surface area (Å²) in [4.78, 5) is 14.9. The molecule has 1 aromatic heterocycles. The molecular formula is C30H45NO2S. The summed E-state index contributed by atoms with van der Waals surface area (Å²) in [5, 5.41) is 11.8. The third-order valence-electron chi connectivity index (χ3n) is 6.05. The molecule has 2 N–H and O–H groups in total. The number of aliphatic hydroxyl groups is 1. The van der Waals surface area contributed by atoms with Gasteiger partial charge in [-0.1, -0.05) is 58.6 Å². The van der Waals surface area contributed by atoms with Crippen LogP contribution < -0.4 is 5.32 Å². The molecule has 34 heavy (non-hydrogen) atoms. The molecule has 1 aliphatic rings. The number of rotatable bonds is 13. The Morgan fingerprint density at radius 1 is 1.24 bits per heavy atom. The summed E-state index contributed by atoms with van der Waals surface area (Å²) in [7, 11) is 0. The van der Waals surface area contributed by atoms with Crippen LogP contribution >= 0.6 is 11.3 Å². The first kappa shape index (κ1) is 29.9. The van der Waals surface area contributed by atoms with Crippen molar-refractivity contribution < 1.29 is 9.90 Å². The van der Waals surface area contributed by atoms with Crippen molar-refractivity contribution in [3.8, 4) is 0 Å². The van der Waals surface area contributed by atoms with E-state index in [1.165, 1.54) is 15.3 Å². The van der Waals surface area contributed by atoms with E-state index in [4.69, 9.17) is 5.11 Å². The standard InChI is InChI=1S/C21H31NO.C9H14OS/c1-7-18(6)22-12-10-9-11-15(3)19-13-16(4)21(17(5)14-19)20(23)8-2;1-2-8-5-6-9(11-8)4-3-7-10/h10,12,14-15,22H,4,6-9,11,13H2,1-3,5H3;5-6,10H,2-4,7H2,1H3/b12-10+;. The lowest BCUT2D eigenvalue weighted by molar-refractivity contribution is -0.115. The summed E-state index contributed by atoms with van der Waals surface area (Å²) in [5.74, 6) is 0.708. The van der Waals surface area contributed by atoms with Crippen LogP contribution in [-0.2, 0) is 17.6 Å². The molecule has 4 heteroatoms. The van der Waals surface area contributed by atoms with Crippen LogP contribution in [0.4, 0.5) is 0 Å². The van der Waals surface area contributed by atoms with Gasteiger partial charge in [0.1, 0.15) is 0 Å². The van der Waals surface area contributed by atoms with Crippen molar-refractivity contribution in [2.24, 2.45) is 5.92 Å². The Morgan fingerprint density at radius 2 is 1.94 bits per heavy atom. The van der Waals surface area contributed by atoms with Crippen LogP contribution in [0, 0.1) is 5.92 Å². The van der Waals surface area contributed by atoms with E-state index in [0.29, 0.717) is 18.9 Å². The van der Waals surface area contributed by atoms with Gasteiger partial charge in [-0.3, -0.25) is 4.79 Å². The quantitative estimate of drug-likeness (QED) is 0.300. The molecule has 0 aromatic carbocycles. The molecule has 0 saturated carbocycles. The Bertz CT molecular complexity index is 901. The minimum atomic E-state index is 0.209. The Hall–Kier alpha value is -2.17. The maximum absolute atomic E-state index is 12.0. The van der Waals surface area contributed by atoms with Gasteiger partial charge in [0, 0.05) is 34.1 Å². The van der Waals surface area contributed by atoms with E-state index >= 15 is 0 Å². The van der Waals surface area contributed by atoms with Crippen LogP contribution in [-0.4, -0.2) is 17.5 Å². The second-order valence-electron chi connectivity index (χ2n) is 8.87. The van der Waals surface area contributed by atoms with Crippen molar-refractivity contribution in [3.05, 3.63) is 81.4 Å². The normalized spacial score (nSPS) is 14.5. The number of thiophene rings is 1. The number of carbonyl (C=O) groups excluding carboxylic acids is 1. The first-order chi connectivity index (χ1) is 16.3. The van der Waals surface area contributed by atoms with Crippen molar-refractivity contribution >= 4 is 17.1 Å². The monoisotopic (exact) mass is 483 g/mol. The topological polar surface area (TPSA) is 49.3 Å². The van der Waals surface area contributed by atoms with Gasteiger partial charge in [0.05, 0.1) is 0 Å². The van der Waals surface area contributed by atoms with E-state index in [1.54, 1.807) is 0 Å². The number of hydrogen-bond donors (Lipinski definition) is 2. The summed E-state index contributed by atoms with van der Waals surface area (Å²) in [5.41, 5.74) is 5.33. The van der Waals surface area contributed by atoms with Crippen LogP contribution in [0.1, 0.15) is 82.9 Å². The molecule has 2 rings (SSSR count). The van der Waals surface area contributed by atoms with E-state index in [-0.39, 0.29) is 5.78 Å². The zero-order valence-corrected chi connectivity index (χ0v) is 22.8. The maximum atomic E-state index is 12.0. The van der Waals surface area contributed by atoms with Gasteiger partial charge in [0.25, 0.3) is 0 Å². The molecule has 1 aliphatic carbocycles. The van der Waals surface area contributed by atoms with Gasteiger partial charge < -0.3 is 10.4 Å². The molecule has 1 atom stereocenters. The van der Waals surface area contributed by atoms with E-state index in [9.17, 15) is 4.79 Å². The molecule has 1 unspecified atom stereocenters. The first-order valence-corrected chi connectivity index (χ1v) is 13.5. The number of ketones is 1. The molecule has 0 radical (unpaired) electrons. The lowest BCUT2D eigenvalue weighted by Gasteiger charge is -2.23. The molecule has 0 aliphatic heterocycles. The zero-order chi connectivity index (χ0) is 25.5. The van der Waals surface area contributed by atoms with Gasteiger partial charge in [0.2, 0.25) is 0 Å².